The van der Waals surface area contributed by atoms with Crippen molar-refractivity contribution in [2.24, 2.45) is 5.92 Å². The van der Waals surface area contributed by atoms with Crippen LogP contribution < -0.4 is 15.1 Å². The number of anilines is 4. The zero-order chi connectivity index (χ0) is 24.9. The zero-order valence-corrected chi connectivity index (χ0v) is 20.5. The Bertz CT molecular complexity index is 1140. The summed E-state index contributed by atoms with van der Waals surface area (Å²) in [6, 6.07) is 10.1. The largest absolute Gasteiger partial charge is 0.374 e. The maximum Gasteiger partial charge on any atom is 0.274 e. The molecule has 192 valence electrons. The number of pyridine rings is 1. The van der Waals surface area contributed by atoms with Gasteiger partial charge in [0.25, 0.3) is 5.92 Å². The fourth-order valence-corrected chi connectivity index (χ4v) is 6.12. The Balaban J connectivity index is 1.34. The second-order valence-corrected chi connectivity index (χ2v) is 10.3. The predicted molar refractivity (Wildman–Crippen MR) is 133 cm³/mol. The molecule has 2 bridgehead atoms. The van der Waals surface area contributed by atoms with E-state index in [1.807, 2.05) is 24.3 Å². The Morgan fingerprint density at radius 3 is 2.86 bits per heavy atom. The first kappa shape index (κ1) is 23.6. The van der Waals surface area contributed by atoms with Crippen molar-refractivity contribution in [2.75, 3.05) is 34.9 Å². The van der Waals surface area contributed by atoms with Crippen molar-refractivity contribution in [3.8, 4) is 0 Å². The number of halogens is 2. The molecular formula is C27H32F2N4O3. The Hall–Kier alpha value is -2.78. The number of ether oxygens (including phenoxy) is 2. The molecule has 0 unspecified atom stereocenters. The van der Waals surface area contributed by atoms with Crippen molar-refractivity contribution in [1.29, 1.82) is 0 Å². The number of nitrogens with zero attached hydrogens (tertiary/aromatic N) is 3. The minimum Gasteiger partial charge on any atom is -0.374 e. The number of amides is 1. The molecule has 1 aliphatic carbocycles. The number of alkyl halides is 2. The van der Waals surface area contributed by atoms with E-state index in [9.17, 15) is 13.6 Å². The number of aromatic nitrogens is 1. The minimum absolute atomic E-state index is 0.172. The molecule has 0 spiro atoms. The first-order valence-electron chi connectivity index (χ1n) is 13.0. The average molecular weight is 499 g/mol. The Kier molecular flexibility index (Phi) is 6.08. The van der Waals surface area contributed by atoms with Crippen LogP contribution in [0.2, 0.25) is 0 Å². The molecule has 4 atom stereocenters. The van der Waals surface area contributed by atoms with Crippen LogP contribution in [0, 0.1) is 5.92 Å². The maximum absolute atomic E-state index is 14.9. The standard InChI is InChI=1S/C27H32F2N4O3/c1-2-35-24-10-5-17(13-27(24,28)29)26(34)33-14-18-4-3-11-30-25(18)31-22-9-7-19(12-23(22)33)32-15-21-8-6-20(32)16-36-21/h3-4,7,9,11-12,17,20-21,24H,2,5-6,8,10,13-16H2,1H3,(H,30,31)/t17-,20-,21+,24-/m0/s1. The van der Waals surface area contributed by atoms with Gasteiger partial charge in [0.2, 0.25) is 5.91 Å². The van der Waals surface area contributed by atoms with Crippen LogP contribution in [0.3, 0.4) is 0 Å². The Morgan fingerprint density at radius 1 is 1.25 bits per heavy atom. The van der Waals surface area contributed by atoms with Crippen molar-refractivity contribution in [3.63, 3.8) is 0 Å². The van der Waals surface area contributed by atoms with E-state index in [0.717, 1.165) is 36.3 Å². The van der Waals surface area contributed by atoms with Gasteiger partial charge in [0.1, 0.15) is 11.9 Å². The van der Waals surface area contributed by atoms with Gasteiger partial charge in [-0.25, -0.2) is 13.8 Å². The number of fused-ring (bicyclic) bond motifs is 5. The summed E-state index contributed by atoms with van der Waals surface area (Å²) in [4.78, 5) is 22.4. The summed E-state index contributed by atoms with van der Waals surface area (Å²) in [6.07, 6.45) is 3.00. The average Bonchev–Trinajstić information content (AvgIpc) is 3.06. The molecule has 1 aromatic heterocycles. The maximum atomic E-state index is 14.9. The monoisotopic (exact) mass is 498 g/mol. The molecule has 7 nitrogen and oxygen atoms in total. The quantitative estimate of drug-likeness (QED) is 0.648. The highest BCUT2D eigenvalue weighted by atomic mass is 19.3. The van der Waals surface area contributed by atoms with E-state index in [1.165, 1.54) is 0 Å². The summed E-state index contributed by atoms with van der Waals surface area (Å²) in [7, 11) is 0. The number of hydrogen-bond donors (Lipinski definition) is 1. The lowest BCUT2D eigenvalue weighted by atomic mass is 9.83. The summed E-state index contributed by atoms with van der Waals surface area (Å²) in [6.45, 7) is 3.76. The molecule has 2 aromatic rings. The van der Waals surface area contributed by atoms with Gasteiger partial charge in [-0.05, 0) is 56.9 Å². The highest BCUT2D eigenvalue weighted by Crippen LogP contribution is 2.44. The van der Waals surface area contributed by atoms with Crippen molar-refractivity contribution in [3.05, 3.63) is 42.1 Å². The number of rotatable bonds is 4. The molecule has 3 saturated heterocycles. The topological polar surface area (TPSA) is 66.9 Å². The molecular weight excluding hydrogens is 466 g/mol. The van der Waals surface area contributed by atoms with Crippen LogP contribution in [-0.4, -0.2) is 54.8 Å². The molecule has 36 heavy (non-hydrogen) atoms. The third-order valence-corrected chi connectivity index (χ3v) is 8.01. The Labute approximate surface area is 209 Å². The molecule has 1 N–H and O–H groups in total. The predicted octanol–water partition coefficient (Wildman–Crippen LogP) is 4.88. The SMILES string of the molecule is CCO[C@H]1CC[C@H](C(=O)N2Cc3cccnc3Nc3ccc(N4C[C@H]5CC[C@H]4CO5)cc32)CC1(F)F. The van der Waals surface area contributed by atoms with Gasteiger partial charge >= 0.3 is 0 Å². The van der Waals surface area contributed by atoms with E-state index in [2.05, 4.69) is 21.3 Å². The van der Waals surface area contributed by atoms with Gasteiger partial charge in [0, 0.05) is 42.9 Å². The number of morpholine rings is 1. The van der Waals surface area contributed by atoms with Crippen LogP contribution in [0.4, 0.5) is 31.7 Å². The minimum atomic E-state index is -3.03. The van der Waals surface area contributed by atoms with Gasteiger partial charge in [-0.2, -0.15) is 0 Å². The molecule has 1 aromatic carbocycles. The van der Waals surface area contributed by atoms with Crippen LogP contribution in [0.5, 0.6) is 0 Å². The van der Waals surface area contributed by atoms with Gasteiger partial charge in [-0.15, -0.1) is 0 Å². The lowest BCUT2D eigenvalue weighted by molar-refractivity contribution is -0.170. The summed E-state index contributed by atoms with van der Waals surface area (Å²) < 4.78 is 41.0. The summed E-state index contributed by atoms with van der Waals surface area (Å²) >= 11 is 0. The number of benzene rings is 1. The van der Waals surface area contributed by atoms with E-state index in [0.29, 0.717) is 30.6 Å². The normalized spacial score (nSPS) is 28.6. The fraction of sp³-hybridized carbons (Fsp3) is 0.556. The van der Waals surface area contributed by atoms with Gasteiger partial charge < -0.3 is 24.6 Å². The lowest BCUT2D eigenvalue weighted by Crippen LogP contribution is -2.54. The molecule has 9 heteroatoms. The lowest BCUT2D eigenvalue weighted by Gasteiger charge is -2.46. The third kappa shape index (κ3) is 4.22. The third-order valence-electron chi connectivity index (χ3n) is 8.01. The van der Waals surface area contributed by atoms with Gasteiger partial charge in [-0.1, -0.05) is 6.07 Å². The first-order chi connectivity index (χ1) is 17.4. The molecule has 5 heterocycles. The smallest absolute Gasteiger partial charge is 0.274 e. The van der Waals surface area contributed by atoms with E-state index in [-0.39, 0.29) is 31.6 Å². The molecule has 5 aliphatic rings. The number of nitrogens with one attached hydrogen (secondary N) is 1. The highest BCUT2D eigenvalue weighted by molar-refractivity contribution is 6.00. The summed E-state index contributed by atoms with van der Waals surface area (Å²) in [5.74, 6) is -3.40. The molecule has 4 aliphatic heterocycles. The molecule has 0 radical (unpaired) electrons. The summed E-state index contributed by atoms with van der Waals surface area (Å²) in [5, 5.41) is 3.38. The number of hydrogen-bond acceptors (Lipinski definition) is 6. The molecule has 1 saturated carbocycles. The van der Waals surface area contributed by atoms with E-state index in [4.69, 9.17) is 9.47 Å². The van der Waals surface area contributed by atoms with Gasteiger partial charge in [-0.3, -0.25) is 4.79 Å². The van der Waals surface area contributed by atoms with Crippen LogP contribution in [0.15, 0.2) is 36.5 Å². The number of carbonyl (C=O) groups is 1. The van der Waals surface area contributed by atoms with Crippen molar-refractivity contribution < 1.29 is 23.0 Å². The van der Waals surface area contributed by atoms with Crippen LogP contribution >= 0.6 is 0 Å². The second-order valence-electron chi connectivity index (χ2n) is 10.3. The van der Waals surface area contributed by atoms with E-state index < -0.39 is 24.4 Å². The van der Waals surface area contributed by atoms with Crippen LogP contribution in [-0.2, 0) is 20.8 Å². The molecule has 7 rings (SSSR count). The van der Waals surface area contributed by atoms with Crippen molar-refractivity contribution in [1.82, 2.24) is 4.98 Å². The zero-order valence-electron chi connectivity index (χ0n) is 20.5. The van der Waals surface area contributed by atoms with Gasteiger partial charge in [0.15, 0.2) is 0 Å². The fourth-order valence-electron chi connectivity index (χ4n) is 6.12. The summed E-state index contributed by atoms with van der Waals surface area (Å²) in [5.41, 5.74) is 3.32. The van der Waals surface area contributed by atoms with Gasteiger partial charge in [0.05, 0.1) is 36.7 Å². The molecule has 4 fully saturated rings. The van der Waals surface area contributed by atoms with E-state index >= 15 is 0 Å². The number of carbonyl (C=O) groups excluding carboxylic acids is 1. The van der Waals surface area contributed by atoms with Crippen molar-refractivity contribution in [2.45, 2.75) is 69.7 Å². The number of piperidine rings is 1. The second kappa shape index (κ2) is 9.27. The molecule has 1 amide bonds. The van der Waals surface area contributed by atoms with Crippen LogP contribution in [0.1, 0.15) is 44.6 Å². The van der Waals surface area contributed by atoms with Crippen LogP contribution in [0.25, 0.3) is 0 Å². The van der Waals surface area contributed by atoms with Crippen molar-refractivity contribution >= 4 is 28.8 Å². The highest BCUT2D eigenvalue weighted by Gasteiger charge is 2.49. The van der Waals surface area contributed by atoms with E-state index in [1.54, 1.807) is 18.0 Å². The first-order valence-corrected chi connectivity index (χ1v) is 13.0. The Morgan fingerprint density at radius 2 is 2.14 bits per heavy atom.